The van der Waals surface area contributed by atoms with Crippen LogP contribution in [0, 0.1) is 16.1 Å². The van der Waals surface area contributed by atoms with Crippen molar-refractivity contribution in [3.63, 3.8) is 0 Å². The van der Waals surface area contributed by atoms with E-state index in [4.69, 9.17) is 19.2 Å². The molecule has 0 bridgehead atoms. The zero-order valence-electron chi connectivity index (χ0n) is 34.6. The Morgan fingerprint density at radius 1 is 1.02 bits per heavy atom. The number of pyridine rings is 1. The maximum absolute atomic E-state index is 16.2. The fraction of sp³-hybridized carbons (Fsp3) is 0.279. The average Bonchev–Trinajstić information content (AvgIpc) is 3.99. The second kappa shape index (κ2) is 16.2. The first-order valence-corrected chi connectivity index (χ1v) is 21.2. The second-order valence-electron chi connectivity index (χ2n) is 16.1. The number of aryl methyl sites for hydroxylation is 2. The van der Waals surface area contributed by atoms with Gasteiger partial charge in [-0.1, -0.05) is 36.4 Å². The van der Waals surface area contributed by atoms with Gasteiger partial charge in [-0.15, -0.1) is 5.10 Å². The number of nitro groups is 1. The molecule has 0 unspecified atom stereocenters. The van der Waals surface area contributed by atoms with Gasteiger partial charge in [0.2, 0.25) is 5.95 Å². The molecule has 8 rings (SSSR count). The number of halogens is 1. The lowest BCUT2D eigenvalue weighted by molar-refractivity contribution is -0.384. The van der Waals surface area contributed by atoms with Crippen LogP contribution in [-0.4, -0.2) is 65.2 Å². The van der Waals surface area contributed by atoms with E-state index in [2.05, 4.69) is 10.4 Å². The summed E-state index contributed by atoms with van der Waals surface area (Å²) >= 11 is 0. The third-order valence-corrected chi connectivity index (χ3v) is 12.3. The van der Waals surface area contributed by atoms with E-state index in [0.29, 0.717) is 35.0 Å². The number of fused-ring (bicyclic) bond motifs is 3. The van der Waals surface area contributed by atoms with E-state index in [1.54, 1.807) is 70.3 Å². The minimum Gasteiger partial charge on any atom is -0.444 e. The lowest BCUT2D eigenvalue weighted by atomic mass is 9.97. The molecule has 0 saturated heterocycles. The number of nitrogens with zero attached hydrogens (tertiary/aromatic N) is 7. The van der Waals surface area contributed by atoms with Crippen molar-refractivity contribution in [3.05, 3.63) is 123 Å². The Kier molecular flexibility index (Phi) is 10.9. The van der Waals surface area contributed by atoms with Crippen molar-refractivity contribution in [3.8, 4) is 28.1 Å². The summed E-state index contributed by atoms with van der Waals surface area (Å²) in [5.41, 5.74) is 0.0590. The van der Waals surface area contributed by atoms with Gasteiger partial charge in [-0.3, -0.25) is 23.9 Å². The van der Waals surface area contributed by atoms with Gasteiger partial charge in [0.05, 0.1) is 43.7 Å². The Bertz CT molecular complexity index is 3110. The number of alkyl carbamates (subject to hydrolysis) is 1. The second-order valence-corrected chi connectivity index (χ2v) is 17.9. The highest BCUT2D eigenvalue weighted by Gasteiger charge is 2.37. The SMILES string of the molecule is Cn1cc(-c2c(-c3cccc(CNC(=O)OC(C)(C)C)c3)c3c(ncc4c3n([C@@H]3CC[C@@H](OC(=O)Oc5ccc([N+](=O)[O-])cc5)C3)c(=O)n4C)n2S(=O)(=O)c2ccccc2)c(F)n1. The third-order valence-electron chi connectivity index (χ3n) is 10.6. The van der Waals surface area contributed by atoms with Crippen molar-refractivity contribution < 1.29 is 41.5 Å². The molecule has 1 N–H and O–H groups in total. The molecule has 1 aliphatic carbocycles. The van der Waals surface area contributed by atoms with Crippen molar-refractivity contribution >= 4 is 50.0 Å². The number of imidazole rings is 1. The first kappa shape index (κ1) is 42.3. The third kappa shape index (κ3) is 8.11. The molecule has 0 aliphatic heterocycles. The summed E-state index contributed by atoms with van der Waals surface area (Å²) in [6.45, 7) is 5.22. The minimum absolute atomic E-state index is 0.0140. The number of rotatable bonds is 10. The van der Waals surface area contributed by atoms with Crippen molar-refractivity contribution in [1.29, 1.82) is 0 Å². The summed E-state index contributed by atoms with van der Waals surface area (Å²) in [5.74, 6) is -0.930. The molecule has 0 radical (unpaired) electrons. The number of nitro benzene ring substituents is 1. The van der Waals surface area contributed by atoms with Crippen LogP contribution in [-0.2, 0) is 40.1 Å². The first-order chi connectivity index (χ1) is 29.9. The number of aromatic nitrogens is 6. The highest BCUT2D eigenvalue weighted by molar-refractivity contribution is 7.90. The lowest BCUT2D eigenvalue weighted by Crippen LogP contribution is -2.32. The maximum atomic E-state index is 16.2. The van der Waals surface area contributed by atoms with Crippen LogP contribution in [0.5, 0.6) is 5.75 Å². The zero-order chi connectivity index (χ0) is 45.0. The van der Waals surface area contributed by atoms with E-state index in [0.717, 1.165) is 3.97 Å². The number of non-ortho nitro benzene ring substituents is 1. The van der Waals surface area contributed by atoms with Crippen LogP contribution in [0.15, 0.2) is 101 Å². The average molecular weight is 881 g/mol. The van der Waals surface area contributed by atoms with E-state index in [1.807, 2.05) is 0 Å². The van der Waals surface area contributed by atoms with E-state index < -0.39 is 56.6 Å². The van der Waals surface area contributed by atoms with E-state index >= 15 is 4.39 Å². The summed E-state index contributed by atoms with van der Waals surface area (Å²) in [6.07, 6.45) is 1.19. The van der Waals surface area contributed by atoms with Gasteiger partial charge < -0.3 is 19.5 Å². The van der Waals surface area contributed by atoms with Gasteiger partial charge in [0.1, 0.15) is 17.5 Å². The van der Waals surface area contributed by atoms with Crippen LogP contribution in [0.1, 0.15) is 51.6 Å². The van der Waals surface area contributed by atoms with Crippen molar-refractivity contribution in [2.75, 3.05) is 0 Å². The van der Waals surface area contributed by atoms with E-state index in [-0.39, 0.29) is 57.2 Å². The molecule has 1 amide bonds. The summed E-state index contributed by atoms with van der Waals surface area (Å²) < 4.78 is 67.6. The number of ether oxygens (including phenoxy) is 3. The number of nitrogens with one attached hydrogen (secondary N) is 1. The normalized spacial score (nSPS) is 15.5. The monoisotopic (exact) mass is 880 g/mol. The molecular formula is C43H41FN8O10S. The molecule has 1 aliphatic rings. The number of benzene rings is 3. The Morgan fingerprint density at radius 3 is 2.41 bits per heavy atom. The summed E-state index contributed by atoms with van der Waals surface area (Å²) in [5, 5.41) is 17.9. The molecule has 1 saturated carbocycles. The molecular weight excluding hydrogens is 840 g/mol. The molecule has 63 heavy (non-hydrogen) atoms. The Balaban J connectivity index is 1.31. The van der Waals surface area contributed by atoms with Crippen molar-refractivity contribution in [2.24, 2.45) is 14.1 Å². The molecule has 7 aromatic rings. The topological polar surface area (TPSA) is 214 Å². The number of amides is 1. The Morgan fingerprint density at radius 2 is 1.75 bits per heavy atom. The van der Waals surface area contributed by atoms with Crippen LogP contribution in [0.2, 0.25) is 0 Å². The first-order valence-electron chi connectivity index (χ1n) is 19.7. The van der Waals surface area contributed by atoms with Crippen LogP contribution in [0.3, 0.4) is 0 Å². The zero-order valence-corrected chi connectivity index (χ0v) is 35.5. The molecule has 4 aromatic heterocycles. The fourth-order valence-electron chi connectivity index (χ4n) is 7.93. The molecule has 326 valence electrons. The highest BCUT2D eigenvalue weighted by Crippen LogP contribution is 2.46. The molecule has 3 aromatic carbocycles. The summed E-state index contributed by atoms with van der Waals surface area (Å²) in [6, 6.07) is 18.8. The smallest absolute Gasteiger partial charge is 0.444 e. The molecule has 4 heterocycles. The lowest BCUT2D eigenvalue weighted by Gasteiger charge is -2.19. The highest BCUT2D eigenvalue weighted by atomic mass is 32.2. The number of hydrogen-bond donors (Lipinski definition) is 1. The summed E-state index contributed by atoms with van der Waals surface area (Å²) in [4.78, 5) is 55.1. The summed E-state index contributed by atoms with van der Waals surface area (Å²) in [7, 11) is -1.51. The molecule has 2 atom stereocenters. The number of hydrogen-bond acceptors (Lipinski definition) is 12. The molecule has 0 spiro atoms. The van der Waals surface area contributed by atoms with E-state index in [1.165, 1.54) is 69.7 Å². The number of carbonyl (C=O) groups excluding carboxylic acids is 2. The van der Waals surface area contributed by atoms with Gasteiger partial charge in [-0.05, 0) is 75.1 Å². The molecule has 1 fully saturated rings. The molecule has 18 nitrogen and oxygen atoms in total. The Hall–Kier alpha value is -7.35. The van der Waals surface area contributed by atoms with E-state index in [9.17, 15) is 32.9 Å². The minimum atomic E-state index is -4.57. The van der Waals surface area contributed by atoms with Crippen LogP contribution < -0.4 is 15.7 Å². The van der Waals surface area contributed by atoms with Crippen molar-refractivity contribution in [1.82, 2.24) is 33.2 Å². The van der Waals surface area contributed by atoms with Crippen LogP contribution >= 0.6 is 0 Å². The quantitative estimate of drug-likeness (QED) is 0.0617. The van der Waals surface area contributed by atoms with Crippen LogP contribution in [0.25, 0.3) is 44.5 Å². The standard InChI is InChI=1S/C43H41FN8O10S/c1-43(2,3)62-40(53)46-22-25-10-9-11-26(20-25)34-35-37-33(23-45-39(35)51(36(34)32-24-48(4)47-38(32)44)63(58,59)31-12-7-6-8-13-31)49(5)41(54)50(37)28-16-19-30(21-28)61-42(55)60-29-17-14-27(15-18-29)52(56)57/h6-15,17-18,20,23-24,28,30H,16,19,21-22H2,1-5H3,(H,46,53)/t28-,30-/m1/s1. The fourth-order valence-corrected chi connectivity index (χ4v) is 9.44. The van der Waals surface area contributed by atoms with Gasteiger partial charge in [0.25, 0.3) is 15.7 Å². The predicted octanol–water partition coefficient (Wildman–Crippen LogP) is 7.38. The number of carbonyl (C=O) groups is 2. The van der Waals surface area contributed by atoms with Gasteiger partial charge in [-0.2, -0.15) is 4.39 Å². The van der Waals surface area contributed by atoms with Crippen LogP contribution in [0.4, 0.5) is 19.7 Å². The van der Waals surface area contributed by atoms with Gasteiger partial charge >= 0.3 is 17.9 Å². The van der Waals surface area contributed by atoms with Gasteiger partial charge in [-0.25, -0.2) is 31.8 Å². The predicted molar refractivity (Wildman–Crippen MR) is 227 cm³/mol. The van der Waals surface area contributed by atoms with Gasteiger partial charge in [0, 0.05) is 57.0 Å². The van der Waals surface area contributed by atoms with Gasteiger partial charge in [0.15, 0.2) is 5.65 Å². The Labute approximate surface area is 358 Å². The largest absolute Gasteiger partial charge is 0.514 e. The van der Waals surface area contributed by atoms with Crippen molar-refractivity contribution in [2.45, 2.75) is 69.2 Å². The molecule has 20 heteroatoms. The maximum Gasteiger partial charge on any atom is 0.514 e.